The molecule has 0 heterocycles. The third-order valence-corrected chi connectivity index (χ3v) is 6.67. The van der Waals surface area contributed by atoms with Gasteiger partial charge >= 0.3 is 0 Å². The van der Waals surface area contributed by atoms with Gasteiger partial charge in [0.2, 0.25) is 0 Å². The van der Waals surface area contributed by atoms with E-state index < -0.39 is 14.6 Å². The van der Waals surface area contributed by atoms with Crippen LogP contribution in [-0.2, 0) is 9.84 Å². The molecule has 1 fully saturated rings. The van der Waals surface area contributed by atoms with Crippen molar-refractivity contribution in [2.45, 2.75) is 30.4 Å². The maximum Gasteiger partial charge on any atom is 0.193 e. The number of nitrogens with zero attached hydrogens (tertiary/aromatic N) is 1. The van der Waals surface area contributed by atoms with Crippen LogP contribution in [0.4, 0.5) is 5.69 Å². The molecular formula is C15H22ClN3O3S. The van der Waals surface area contributed by atoms with E-state index >= 15 is 0 Å². The minimum atomic E-state index is -3.18. The molecule has 0 atom stereocenters. The molecule has 6 nitrogen and oxygen atoms in total. The summed E-state index contributed by atoms with van der Waals surface area (Å²) in [5.74, 6) is 0.732. The number of hydrogen-bond acceptors (Lipinski definition) is 4. The van der Waals surface area contributed by atoms with Crippen molar-refractivity contribution in [2.24, 2.45) is 10.7 Å². The molecule has 0 aliphatic heterocycles. The molecule has 23 heavy (non-hydrogen) atoms. The molecule has 1 aliphatic rings. The molecule has 8 heteroatoms. The van der Waals surface area contributed by atoms with Crippen molar-refractivity contribution >= 4 is 33.1 Å². The van der Waals surface area contributed by atoms with Crippen LogP contribution in [0.25, 0.3) is 0 Å². The van der Waals surface area contributed by atoms with E-state index in [1.165, 1.54) is 13.4 Å². The van der Waals surface area contributed by atoms with E-state index in [4.69, 9.17) is 22.1 Å². The molecule has 1 aromatic carbocycles. The number of nitrogens with one attached hydrogen (secondary N) is 1. The highest BCUT2D eigenvalue weighted by Gasteiger charge is 2.43. The Labute approximate surface area is 142 Å². The number of benzene rings is 1. The molecular weight excluding hydrogens is 338 g/mol. The Morgan fingerprint density at radius 2 is 2.09 bits per heavy atom. The second kappa shape index (κ2) is 6.97. The predicted molar refractivity (Wildman–Crippen MR) is 94.2 cm³/mol. The summed E-state index contributed by atoms with van der Waals surface area (Å²) in [5.41, 5.74) is 6.54. The van der Waals surface area contributed by atoms with Gasteiger partial charge < -0.3 is 15.8 Å². The molecule has 0 bridgehead atoms. The van der Waals surface area contributed by atoms with Crippen LogP contribution in [0.15, 0.2) is 23.2 Å². The molecule has 128 valence electrons. The lowest BCUT2D eigenvalue weighted by Gasteiger charge is -2.24. The zero-order valence-corrected chi connectivity index (χ0v) is 14.9. The summed E-state index contributed by atoms with van der Waals surface area (Å²) in [6, 6.07) is 5.15. The van der Waals surface area contributed by atoms with E-state index in [1.807, 2.05) is 0 Å². The first-order valence-corrected chi connectivity index (χ1v) is 9.64. The van der Waals surface area contributed by atoms with E-state index in [0.717, 1.165) is 12.8 Å². The Morgan fingerprint density at radius 3 is 2.61 bits per heavy atom. The van der Waals surface area contributed by atoms with Gasteiger partial charge in [-0.25, -0.2) is 8.42 Å². The highest BCUT2D eigenvalue weighted by Crippen LogP contribution is 2.36. The molecule has 0 unspecified atom stereocenters. The third-order valence-electron chi connectivity index (χ3n) is 4.26. The van der Waals surface area contributed by atoms with Gasteiger partial charge in [-0.2, -0.15) is 0 Å². The number of guanidine groups is 1. The summed E-state index contributed by atoms with van der Waals surface area (Å²) in [6.45, 7) is 0.175. The molecule has 0 saturated heterocycles. The van der Waals surface area contributed by atoms with E-state index in [9.17, 15) is 8.42 Å². The lowest BCUT2D eigenvalue weighted by Crippen LogP contribution is -2.39. The van der Waals surface area contributed by atoms with Crippen LogP contribution in [0.1, 0.15) is 25.7 Å². The number of anilines is 1. The molecule has 0 amide bonds. The number of halogens is 1. The predicted octanol–water partition coefficient (Wildman–Crippen LogP) is 2.43. The Bertz CT molecular complexity index is 698. The van der Waals surface area contributed by atoms with Crippen LogP contribution in [0, 0.1) is 0 Å². The molecule has 1 aromatic rings. The quantitative estimate of drug-likeness (QED) is 0.622. The maximum absolute atomic E-state index is 12.1. The number of methoxy groups -OCH3 is 1. The van der Waals surface area contributed by atoms with Gasteiger partial charge in [-0.05, 0) is 31.0 Å². The van der Waals surface area contributed by atoms with Crippen molar-refractivity contribution in [1.29, 1.82) is 0 Å². The van der Waals surface area contributed by atoms with Gasteiger partial charge in [-0.3, -0.25) is 4.99 Å². The molecule has 0 radical (unpaired) electrons. The van der Waals surface area contributed by atoms with Crippen LogP contribution in [0.2, 0.25) is 5.02 Å². The van der Waals surface area contributed by atoms with Crippen LogP contribution < -0.4 is 15.8 Å². The van der Waals surface area contributed by atoms with Crippen molar-refractivity contribution < 1.29 is 13.2 Å². The van der Waals surface area contributed by atoms with Crippen LogP contribution in [0.3, 0.4) is 0 Å². The third kappa shape index (κ3) is 4.09. The fourth-order valence-corrected chi connectivity index (χ4v) is 4.41. The highest BCUT2D eigenvalue weighted by molar-refractivity contribution is 7.92. The number of aliphatic imine (C=N–C) groups is 1. The number of nitrogens with two attached hydrogens (primary N) is 1. The second-order valence-corrected chi connectivity index (χ2v) is 8.66. The van der Waals surface area contributed by atoms with Gasteiger partial charge in [-0.15, -0.1) is 0 Å². The highest BCUT2D eigenvalue weighted by atomic mass is 35.5. The summed E-state index contributed by atoms with van der Waals surface area (Å²) in [4.78, 5) is 4.24. The van der Waals surface area contributed by atoms with Gasteiger partial charge in [-0.1, -0.05) is 24.4 Å². The Balaban J connectivity index is 2.09. The van der Waals surface area contributed by atoms with E-state index in [1.54, 1.807) is 18.2 Å². The molecule has 1 aliphatic carbocycles. The molecule has 1 saturated carbocycles. The largest absolute Gasteiger partial charge is 0.495 e. The van der Waals surface area contributed by atoms with E-state index in [2.05, 4.69) is 10.3 Å². The molecule has 0 aromatic heterocycles. The van der Waals surface area contributed by atoms with Gasteiger partial charge in [0.1, 0.15) is 5.75 Å². The molecule has 2 rings (SSSR count). The van der Waals surface area contributed by atoms with Crippen molar-refractivity contribution in [1.82, 2.24) is 0 Å². The van der Waals surface area contributed by atoms with Crippen LogP contribution >= 0.6 is 11.6 Å². The minimum absolute atomic E-state index is 0.168. The van der Waals surface area contributed by atoms with Gasteiger partial charge in [0.05, 0.1) is 23.4 Å². The standard InChI is InChI=1S/C15H22ClN3O3S/c1-22-13-6-5-11(9-12(13)16)19-14(17)18-10-15(23(2,20)21)7-3-4-8-15/h5-6,9H,3-4,7-8,10H2,1-2H3,(H3,17,18,19). The topological polar surface area (TPSA) is 93.8 Å². The number of rotatable bonds is 5. The number of ether oxygens (including phenoxy) is 1. The van der Waals surface area contributed by atoms with Crippen LogP contribution in [-0.4, -0.2) is 39.0 Å². The fourth-order valence-electron chi connectivity index (χ4n) is 2.83. The summed E-state index contributed by atoms with van der Waals surface area (Å²) in [7, 11) is -1.64. The lowest BCUT2D eigenvalue weighted by atomic mass is 10.1. The molecule has 3 N–H and O–H groups in total. The lowest BCUT2D eigenvalue weighted by molar-refractivity contribution is 0.415. The van der Waals surface area contributed by atoms with Gasteiger partial charge in [0, 0.05) is 11.9 Å². The first-order valence-electron chi connectivity index (χ1n) is 7.37. The van der Waals surface area contributed by atoms with Gasteiger partial charge in [0.15, 0.2) is 15.8 Å². The van der Waals surface area contributed by atoms with Crippen LogP contribution in [0.5, 0.6) is 5.75 Å². The van der Waals surface area contributed by atoms with Crippen molar-refractivity contribution in [3.05, 3.63) is 23.2 Å². The monoisotopic (exact) mass is 359 g/mol. The SMILES string of the molecule is COc1ccc(NC(N)=NCC2(S(C)(=O)=O)CCCC2)cc1Cl. The average molecular weight is 360 g/mol. The first-order chi connectivity index (χ1) is 10.8. The van der Waals surface area contributed by atoms with E-state index in [0.29, 0.717) is 29.3 Å². The van der Waals surface area contributed by atoms with Gasteiger partial charge in [0.25, 0.3) is 0 Å². The smallest absolute Gasteiger partial charge is 0.193 e. The molecule has 0 spiro atoms. The maximum atomic E-state index is 12.1. The fraction of sp³-hybridized carbons (Fsp3) is 0.533. The zero-order chi connectivity index (χ0) is 17.1. The average Bonchev–Trinajstić information content (AvgIpc) is 2.95. The Morgan fingerprint density at radius 1 is 1.43 bits per heavy atom. The summed E-state index contributed by atoms with van der Waals surface area (Å²) in [5, 5.41) is 3.37. The van der Waals surface area contributed by atoms with Crippen molar-refractivity contribution in [2.75, 3.05) is 25.2 Å². The number of sulfone groups is 1. The summed E-state index contributed by atoms with van der Waals surface area (Å²) < 4.78 is 28.5. The Hall–Kier alpha value is -1.47. The summed E-state index contributed by atoms with van der Waals surface area (Å²) in [6.07, 6.45) is 4.36. The van der Waals surface area contributed by atoms with Crippen molar-refractivity contribution in [3.8, 4) is 5.75 Å². The minimum Gasteiger partial charge on any atom is -0.495 e. The summed E-state index contributed by atoms with van der Waals surface area (Å²) >= 11 is 6.05. The van der Waals surface area contributed by atoms with Crippen molar-refractivity contribution in [3.63, 3.8) is 0 Å². The Kier molecular flexibility index (Phi) is 5.41. The second-order valence-electron chi connectivity index (χ2n) is 5.84. The van der Waals surface area contributed by atoms with E-state index in [-0.39, 0.29) is 12.5 Å². The first kappa shape index (κ1) is 17.9. The normalized spacial score (nSPS) is 18.0. The number of hydrogen-bond donors (Lipinski definition) is 2. The zero-order valence-electron chi connectivity index (χ0n) is 13.3.